The third-order valence-corrected chi connectivity index (χ3v) is 6.23. The van der Waals surface area contributed by atoms with Gasteiger partial charge >= 0.3 is 0 Å². The Morgan fingerprint density at radius 2 is 1.32 bits per heavy atom. The van der Waals surface area contributed by atoms with Crippen LogP contribution < -0.4 is 5.73 Å². The van der Waals surface area contributed by atoms with Crippen LogP contribution in [0.2, 0.25) is 0 Å². The van der Waals surface area contributed by atoms with Gasteiger partial charge in [0.15, 0.2) is 0 Å². The number of carbonyl (C=O) groups is 2. The topological polar surface area (TPSA) is 63.4 Å². The van der Waals surface area contributed by atoms with Gasteiger partial charge < -0.3 is 10.6 Å². The number of amides is 2. The molecule has 4 heteroatoms. The zero-order valence-electron chi connectivity index (χ0n) is 16.3. The van der Waals surface area contributed by atoms with Crippen LogP contribution in [0.15, 0.2) is 48.5 Å². The summed E-state index contributed by atoms with van der Waals surface area (Å²) in [5.41, 5.74) is 10.6. The number of hydrogen-bond acceptors (Lipinski definition) is 2. The summed E-state index contributed by atoms with van der Waals surface area (Å²) in [7, 11) is 0. The lowest BCUT2D eigenvalue weighted by molar-refractivity contribution is -0.137. The van der Waals surface area contributed by atoms with Crippen molar-refractivity contribution < 1.29 is 9.59 Å². The Labute approximate surface area is 166 Å². The number of aryl methyl sites for hydroxylation is 2. The van der Waals surface area contributed by atoms with Crippen LogP contribution in [0, 0.1) is 0 Å². The molecular weight excluding hydrogens is 348 g/mol. The molecule has 2 N–H and O–H groups in total. The molecule has 2 aliphatic carbocycles. The molecule has 2 aromatic carbocycles. The molecule has 28 heavy (non-hydrogen) atoms. The highest BCUT2D eigenvalue weighted by atomic mass is 16.2. The van der Waals surface area contributed by atoms with Crippen LogP contribution in [-0.4, -0.2) is 16.7 Å². The van der Waals surface area contributed by atoms with Crippen molar-refractivity contribution in [3.8, 4) is 0 Å². The molecule has 2 atom stereocenters. The molecular formula is C24H28N2O2. The molecule has 0 heterocycles. The van der Waals surface area contributed by atoms with Crippen LogP contribution in [0.1, 0.15) is 72.9 Å². The molecule has 0 bridgehead atoms. The van der Waals surface area contributed by atoms with Crippen LogP contribution in [0.5, 0.6) is 0 Å². The third kappa shape index (κ3) is 3.68. The number of rotatable bonds is 7. The van der Waals surface area contributed by atoms with Crippen molar-refractivity contribution in [3.63, 3.8) is 0 Å². The maximum atomic E-state index is 13.4. The van der Waals surface area contributed by atoms with Crippen molar-refractivity contribution in [2.75, 3.05) is 0 Å². The van der Waals surface area contributed by atoms with Gasteiger partial charge in [0, 0.05) is 12.8 Å². The number of carbonyl (C=O) groups excluding carboxylic acids is 2. The minimum atomic E-state index is -0.293. The van der Waals surface area contributed by atoms with Gasteiger partial charge in [-0.2, -0.15) is 0 Å². The SMILES string of the molecule is NC(=O)CCCCC(=O)N(C1CCc2ccccc21)[C@@H]1CCc2ccccc21. The van der Waals surface area contributed by atoms with Crippen molar-refractivity contribution in [1.82, 2.24) is 4.90 Å². The van der Waals surface area contributed by atoms with E-state index in [4.69, 9.17) is 5.73 Å². The molecule has 2 amide bonds. The van der Waals surface area contributed by atoms with Crippen LogP contribution in [0.25, 0.3) is 0 Å². The van der Waals surface area contributed by atoms with E-state index in [0.29, 0.717) is 25.7 Å². The van der Waals surface area contributed by atoms with Crippen molar-refractivity contribution in [2.24, 2.45) is 5.73 Å². The van der Waals surface area contributed by atoms with Crippen LogP contribution in [0.3, 0.4) is 0 Å². The summed E-state index contributed by atoms with van der Waals surface area (Å²) in [6, 6.07) is 17.4. The molecule has 2 aliphatic rings. The highest BCUT2D eigenvalue weighted by Crippen LogP contribution is 2.45. The largest absolute Gasteiger partial charge is 0.370 e. The Morgan fingerprint density at radius 3 is 1.86 bits per heavy atom. The molecule has 0 spiro atoms. The summed E-state index contributed by atoms with van der Waals surface area (Å²) in [6.07, 6.45) is 6.26. The number of benzene rings is 2. The van der Waals surface area contributed by atoms with E-state index in [2.05, 4.69) is 53.4 Å². The number of nitrogens with two attached hydrogens (primary N) is 1. The number of hydrogen-bond donors (Lipinski definition) is 1. The van der Waals surface area contributed by atoms with E-state index in [0.717, 1.165) is 25.7 Å². The Hall–Kier alpha value is -2.62. The number of fused-ring (bicyclic) bond motifs is 2. The zero-order chi connectivity index (χ0) is 19.5. The maximum absolute atomic E-state index is 13.4. The highest BCUT2D eigenvalue weighted by Gasteiger charge is 2.38. The minimum absolute atomic E-state index is 0.149. The molecule has 4 rings (SSSR count). The molecule has 0 aromatic heterocycles. The Kier molecular flexibility index (Phi) is 5.47. The van der Waals surface area contributed by atoms with E-state index in [9.17, 15) is 9.59 Å². The summed E-state index contributed by atoms with van der Waals surface area (Å²) < 4.78 is 0. The Morgan fingerprint density at radius 1 is 0.821 bits per heavy atom. The van der Waals surface area contributed by atoms with Gasteiger partial charge in [0.2, 0.25) is 11.8 Å². The molecule has 0 aliphatic heterocycles. The molecule has 2 aromatic rings. The fourth-order valence-electron chi connectivity index (χ4n) is 4.92. The van der Waals surface area contributed by atoms with Crippen LogP contribution in [0.4, 0.5) is 0 Å². The zero-order valence-corrected chi connectivity index (χ0v) is 16.3. The van der Waals surface area contributed by atoms with Crippen molar-refractivity contribution in [2.45, 2.75) is 63.5 Å². The van der Waals surface area contributed by atoms with Crippen LogP contribution >= 0.6 is 0 Å². The second-order valence-corrected chi connectivity index (χ2v) is 7.98. The van der Waals surface area contributed by atoms with Crippen molar-refractivity contribution >= 4 is 11.8 Å². The van der Waals surface area contributed by atoms with E-state index in [1.54, 1.807) is 0 Å². The van der Waals surface area contributed by atoms with Gasteiger partial charge in [0.1, 0.15) is 0 Å². The fraction of sp³-hybridized carbons (Fsp3) is 0.417. The normalized spacial score (nSPS) is 19.9. The number of nitrogens with zero attached hydrogens (tertiary/aromatic N) is 1. The standard InChI is InChI=1S/C24H28N2O2/c25-23(27)11-5-6-12-24(28)26(21-15-13-17-7-1-3-9-19(17)21)22-16-14-18-8-2-4-10-20(18)22/h1-4,7-10,21-22H,5-6,11-16H2,(H2,25,27)/t21-,22?/m1/s1. The second-order valence-electron chi connectivity index (χ2n) is 7.98. The molecule has 146 valence electrons. The molecule has 0 fully saturated rings. The van der Waals surface area contributed by atoms with Gasteiger partial charge in [-0.15, -0.1) is 0 Å². The predicted molar refractivity (Wildman–Crippen MR) is 110 cm³/mol. The predicted octanol–water partition coefficient (Wildman–Crippen LogP) is 4.24. The van der Waals surface area contributed by atoms with Crippen molar-refractivity contribution in [3.05, 3.63) is 70.8 Å². The molecule has 0 saturated heterocycles. The summed E-state index contributed by atoms with van der Waals surface area (Å²) in [5, 5.41) is 0. The molecule has 0 radical (unpaired) electrons. The average Bonchev–Trinajstić information content (AvgIpc) is 3.31. The maximum Gasteiger partial charge on any atom is 0.223 e. The number of unbranched alkanes of at least 4 members (excludes halogenated alkanes) is 1. The summed E-state index contributed by atoms with van der Waals surface area (Å²) in [6.45, 7) is 0. The first kappa shape index (κ1) is 18.7. The lowest BCUT2D eigenvalue weighted by Crippen LogP contribution is -2.36. The first-order valence-corrected chi connectivity index (χ1v) is 10.4. The smallest absolute Gasteiger partial charge is 0.223 e. The van der Waals surface area contributed by atoms with E-state index < -0.39 is 0 Å². The van der Waals surface area contributed by atoms with Gasteiger partial charge in [0.05, 0.1) is 12.1 Å². The molecule has 0 saturated carbocycles. The van der Waals surface area contributed by atoms with Gasteiger partial charge in [-0.25, -0.2) is 0 Å². The highest BCUT2D eigenvalue weighted by molar-refractivity contribution is 5.78. The van der Waals surface area contributed by atoms with Gasteiger partial charge in [-0.3, -0.25) is 9.59 Å². The average molecular weight is 377 g/mol. The molecule has 1 unspecified atom stereocenters. The second kappa shape index (κ2) is 8.17. The first-order valence-electron chi connectivity index (χ1n) is 10.4. The Balaban J connectivity index is 1.59. The quantitative estimate of drug-likeness (QED) is 0.735. The molecule has 4 nitrogen and oxygen atoms in total. The van der Waals surface area contributed by atoms with Gasteiger partial charge in [0.25, 0.3) is 0 Å². The monoisotopic (exact) mass is 376 g/mol. The van der Waals surface area contributed by atoms with E-state index in [-0.39, 0.29) is 23.9 Å². The third-order valence-electron chi connectivity index (χ3n) is 6.23. The summed E-state index contributed by atoms with van der Waals surface area (Å²) >= 11 is 0. The lowest BCUT2D eigenvalue weighted by Gasteiger charge is -2.36. The van der Waals surface area contributed by atoms with Gasteiger partial charge in [-0.05, 0) is 60.8 Å². The van der Waals surface area contributed by atoms with E-state index in [1.807, 2.05) is 0 Å². The fourth-order valence-corrected chi connectivity index (χ4v) is 4.92. The van der Waals surface area contributed by atoms with E-state index >= 15 is 0 Å². The van der Waals surface area contributed by atoms with E-state index in [1.165, 1.54) is 22.3 Å². The minimum Gasteiger partial charge on any atom is -0.370 e. The summed E-state index contributed by atoms with van der Waals surface area (Å²) in [5.74, 6) is -0.0911. The first-order chi connectivity index (χ1) is 13.6. The number of primary amides is 1. The Bertz CT molecular complexity index is 821. The summed E-state index contributed by atoms with van der Waals surface area (Å²) in [4.78, 5) is 26.6. The van der Waals surface area contributed by atoms with Gasteiger partial charge in [-0.1, -0.05) is 48.5 Å². The van der Waals surface area contributed by atoms with Crippen molar-refractivity contribution in [1.29, 1.82) is 0 Å². The lowest BCUT2D eigenvalue weighted by atomic mass is 10.00. The van der Waals surface area contributed by atoms with Crippen LogP contribution in [-0.2, 0) is 22.4 Å².